The first-order valence-corrected chi connectivity index (χ1v) is 6.13. The average molecular weight is 261 g/mol. The number of hydrogen-bond acceptors (Lipinski definition) is 5. The Balaban J connectivity index is 2.32. The van der Waals surface area contributed by atoms with Gasteiger partial charge in [-0.05, 0) is 6.92 Å². The first kappa shape index (κ1) is 12.1. The second-order valence-electron chi connectivity index (χ2n) is 5.08. The molecule has 0 aromatic carbocycles. The molecule has 2 heterocycles. The number of Topliss-reactive ketones (excluding diaryl/α,β-unsaturated/α-hetero) is 2. The molecule has 6 nitrogen and oxygen atoms in total. The van der Waals surface area contributed by atoms with Crippen molar-refractivity contribution in [3.63, 3.8) is 0 Å². The van der Waals surface area contributed by atoms with Gasteiger partial charge in [-0.3, -0.25) is 9.59 Å². The number of aliphatic hydroxyl groups excluding tert-OH is 1. The summed E-state index contributed by atoms with van der Waals surface area (Å²) in [6, 6.07) is -0.0861. The second kappa shape index (κ2) is 3.79. The van der Waals surface area contributed by atoms with E-state index in [1.165, 1.54) is 0 Å². The maximum atomic E-state index is 12.3. The zero-order valence-corrected chi connectivity index (χ0v) is 10.6. The molecule has 5 N–H and O–H groups in total. The Morgan fingerprint density at radius 2 is 2.05 bits per heavy atom. The third kappa shape index (κ3) is 1.38. The number of hydrogen-bond donors (Lipinski definition) is 3. The van der Waals surface area contributed by atoms with Crippen molar-refractivity contribution in [1.82, 2.24) is 4.57 Å². The smallest absolute Gasteiger partial charge is 0.211 e. The molecular weight excluding hydrogens is 246 g/mol. The molecule has 2 aliphatic rings. The zero-order valence-electron chi connectivity index (χ0n) is 10.6. The summed E-state index contributed by atoms with van der Waals surface area (Å²) in [5, 5.41) is 9.51. The predicted octanol–water partition coefficient (Wildman–Crippen LogP) is -0.525. The minimum atomic E-state index is -0.369. The van der Waals surface area contributed by atoms with Crippen molar-refractivity contribution >= 4 is 11.6 Å². The molecule has 1 aliphatic carbocycles. The summed E-state index contributed by atoms with van der Waals surface area (Å²) in [6.45, 7) is 1.75. The zero-order chi connectivity index (χ0) is 13.9. The highest BCUT2D eigenvalue weighted by molar-refractivity contribution is 6.26. The van der Waals surface area contributed by atoms with Gasteiger partial charge in [0.15, 0.2) is 0 Å². The highest BCUT2D eigenvalue weighted by Gasteiger charge is 2.39. The third-order valence-corrected chi connectivity index (χ3v) is 3.94. The van der Waals surface area contributed by atoms with Gasteiger partial charge < -0.3 is 21.1 Å². The number of carbonyl (C=O) groups is 2. The average Bonchev–Trinajstić information content (AvgIpc) is 2.88. The summed E-state index contributed by atoms with van der Waals surface area (Å²) in [4.78, 5) is 24.6. The topological polar surface area (TPSA) is 111 Å². The van der Waals surface area contributed by atoms with Crippen molar-refractivity contribution in [2.75, 3.05) is 0 Å². The van der Waals surface area contributed by atoms with Crippen molar-refractivity contribution in [3.8, 4) is 0 Å². The lowest BCUT2D eigenvalue weighted by molar-refractivity contribution is 0.0966. The van der Waals surface area contributed by atoms with Gasteiger partial charge in [0.2, 0.25) is 11.6 Å². The molecule has 0 bridgehead atoms. The summed E-state index contributed by atoms with van der Waals surface area (Å²) in [5.41, 5.74) is 13.7. The second-order valence-corrected chi connectivity index (χ2v) is 5.08. The lowest BCUT2D eigenvalue weighted by atomic mass is 9.90. The molecule has 6 heteroatoms. The monoisotopic (exact) mass is 261 g/mol. The summed E-state index contributed by atoms with van der Waals surface area (Å²) in [6.07, 6.45) is 0.558. The van der Waals surface area contributed by atoms with Gasteiger partial charge in [-0.15, -0.1) is 0 Å². The maximum absolute atomic E-state index is 12.3. The fraction of sp³-hybridized carbons (Fsp3) is 0.385. The predicted molar refractivity (Wildman–Crippen MR) is 67.6 cm³/mol. The molecule has 0 amide bonds. The molecule has 0 fully saturated rings. The van der Waals surface area contributed by atoms with Gasteiger partial charge in [0, 0.05) is 35.8 Å². The van der Waals surface area contributed by atoms with Crippen molar-refractivity contribution in [2.45, 2.75) is 32.5 Å². The minimum absolute atomic E-state index is 0.0271. The molecule has 1 aromatic heterocycles. The van der Waals surface area contributed by atoms with Gasteiger partial charge in [0.25, 0.3) is 0 Å². The van der Waals surface area contributed by atoms with Gasteiger partial charge in [-0.25, -0.2) is 0 Å². The molecule has 1 atom stereocenters. The van der Waals surface area contributed by atoms with Gasteiger partial charge in [0.1, 0.15) is 5.69 Å². The summed E-state index contributed by atoms with van der Waals surface area (Å²) < 4.78 is 1.77. The van der Waals surface area contributed by atoms with E-state index in [0.29, 0.717) is 24.2 Å². The van der Waals surface area contributed by atoms with E-state index < -0.39 is 0 Å². The van der Waals surface area contributed by atoms with Crippen molar-refractivity contribution in [3.05, 3.63) is 33.8 Å². The van der Waals surface area contributed by atoms with Gasteiger partial charge in [-0.1, -0.05) is 0 Å². The van der Waals surface area contributed by atoms with Crippen LogP contribution in [0.15, 0.2) is 11.3 Å². The molecular formula is C13H15N3O3. The summed E-state index contributed by atoms with van der Waals surface area (Å²) in [7, 11) is 0. The maximum Gasteiger partial charge on any atom is 0.211 e. The summed E-state index contributed by atoms with van der Waals surface area (Å²) >= 11 is 0. The Hall–Kier alpha value is -1.92. The van der Waals surface area contributed by atoms with Crippen molar-refractivity contribution in [1.29, 1.82) is 0 Å². The van der Waals surface area contributed by atoms with Crippen LogP contribution >= 0.6 is 0 Å². The Kier molecular flexibility index (Phi) is 2.42. The number of ketones is 2. The van der Waals surface area contributed by atoms with Crippen molar-refractivity contribution in [2.24, 2.45) is 11.5 Å². The molecule has 3 rings (SSSR count). The first-order valence-electron chi connectivity index (χ1n) is 6.13. The third-order valence-electron chi connectivity index (χ3n) is 3.94. The van der Waals surface area contributed by atoms with E-state index in [2.05, 4.69) is 0 Å². The molecule has 100 valence electrons. The molecule has 1 unspecified atom stereocenters. The molecule has 19 heavy (non-hydrogen) atoms. The van der Waals surface area contributed by atoms with Gasteiger partial charge in [0.05, 0.1) is 17.9 Å². The van der Waals surface area contributed by atoms with Gasteiger partial charge >= 0.3 is 0 Å². The van der Waals surface area contributed by atoms with Crippen LogP contribution in [0.4, 0.5) is 0 Å². The van der Waals surface area contributed by atoms with Crippen LogP contribution in [0.25, 0.3) is 0 Å². The highest BCUT2D eigenvalue weighted by Crippen LogP contribution is 2.34. The number of nitrogens with two attached hydrogens (primary N) is 2. The molecule has 0 saturated heterocycles. The van der Waals surface area contributed by atoms with E-state index in [1.54, 1.807) is 11.5 Å². The first-order chi connectivity index (χ1) is 8.97. The normalized spacial score (nSPS) is 21.9. The number of carbonyl (C=O) groups excluding carboxylic acids is 2. The van der Waals surface area contributed by atoms with E-state index in [4.69, 9.17) is 11.5 Å². The van der Waals surface area contributed by atoms with Crippen LogP contribution in [0.1, 0.15) is 39.0 Å². The minimum Gasteiger partial charge on any atom is -0.395 e. The Labute approximate surface area is 109 Å². The van der Waals surface area contributed by atoms with Gasteiger partial charge in [-0.2, -0.15) is 0 Å². The summed E-state index contributed by atoms with van der Waals surface area (Å²) in [5.74, 6) is -0.617. The molecule has 0 spiro atoms. The van der Waals surface area contributed by atoms with Crippen LogP contribution in [0.5, 0.6) is 0 Å². The lowest BCUT2D eigenvalue weighted by Crippen LogP contribution is -2.29. The highest BCUT2D eigenvalue weighted by atomic mass is 16.3. The largest absolute Gasteiger partial charge is 0.395 e. The Morgan fingerprint density at radius 3 is 2.68 bits per heavy atom. The fourth-order valence-corrected chi connectivity index (χ4v) is 2.96. The Bertz CT molecular complexity index is 655. The van der Waals surface area contributed by atoms with Crippen LogP contribution in [0.3, 0.4) is 0 Å². The van der Waals surface area contributed by atoms with Crippen LogP contribution in [-0.4, -0.2) is 27.3 Å². The molecule has 1 aromatic rings. The van der Waals surface area contributed by atoms with Crippen LogP contribution in [0.2, 0.25) is 0 Å². The molecule has 0 saturated carbocycles. The molecule has 1 aliphatic heterocycles. The van der Waals surface area contributed by atoms with Crippen LogP contribution in [-0.2, 0) is 19.6 Å². The van der Waals surface area contributed by atoms with E-state index in [0.717, 1.165) is 5.69 Å². The van der Waals surface area contributed by atoms with E-state index in [1.807, 2.05) is 0 Å². The number of fused-ring (bicyclic) bond motifs is 3. The number of aromatic nitrogens is 1. The standard InChI is InChI=1S/C13H15N3O3/c1-5-10(15)13(19)9-7(4-17)8-2-6(14)3-16(8)11(9)12(5)18/h6,17H,2-4,14-15H2,1H3. The number of rotatable bonds is 1. The Morgan fingerprint density at radius 1 is 1.37 bits per heavy atom. The number of aliphatic hydroxyl groups is 1. The van der Waals surface area contributed by atoms with Crippen molar-refractivity contribution < 1.29 is 14.7 Å². The van der Waals surface area contributed by atoms with Crippen LogP contribution in [0, 0.1) is 0 Å². The SMILES string of the molecule is CC1=C(N)C(=O)c2c(CO)c3n(c2C1=O)CC(N)C3. The van der Waals surface area contributed by atoms with E-state index in [-0.39, 0.29) is 41.0 Å². The van der Waals surface area contributed by atoms with E-state index in [9.17, 15) is 14.7 Å². The number of nitrogens with zero attached hydrogens (tertiary/aromatic N) is 1. The fourth-order valence-electron chi connectivity index (χ4n) is 2.96. The van der Waals surface area contributed by atoms with Crippen LogP contribution < -0.4 is 11.5 Å². The quantitative estimate of drug-likeness (QED) is 0.629. The number of allylic oxidation sites excluding steroid dienone is 2. The molecule has 0 radical (unpaired) electrons. The lowest BCUT2D eigenvalue weighted by Gasteiger charge is -2.16. The van der Waals surface area contributed by atoms with E-state index >= 15 is 0 Å².